The van der Waals surface area contributed by atoms with E-state index in [0.29, 0.717) is 5.92 Å². The van der Waals surface area contributed by atoms with Gasteiger partial charge < -0.3 is 5.32 Å². The molecule has 2 unspecified atom stereocenters. The standard InChI is InChI=1S/C8H18N2O2S/c1-7-4-8(6-9-5-7)10(2)13(3,11)12/h7-9H,4-6H2,1-3H3. The lowest BCUT2D eigenvalue weighted by atomic mass is 9.98. The third-order valence-electron chi connectivity index (χ3n) is 2.58. The van der Waals surface area contributed by atoms with Crippen molar-refractivity contribution in [2.75, 3.05) is 26.4 Å². The van der Waals surface area contributed by atoms with Gasteiger partial charge in [0, 0.05) is 19.6 Å². The molecule has 0 amide bonds. The Morgan fingerprint density at radius 1 is 1.38 bits per heavy atom. The van der Waals surface area contributed by atoms with Crippen molar-refractivity contribution >= 4 is 10.0 Å². The van der Waals surface area contributed by atoms with Crippen molar-refractivity contribution in [3.05, 3.63) is 0 Å². The molecule has 1 saturated heterocycles. The van der Waals surface area contributed by atoms with Crippen LogP contribution in [0.15, 0.2) is 0 Å². The Bertz CT molecular complexity index is 263. The van der Waals surface area contributed by atoms with Crippen LogP contribution in [0.4, 0.5) is 0 Å². The molecule has 0 aromatic carbocycles. The molecule has 78 valence electrons. The lowest BCUT2D eigenvalue weighted by molar-refractivity contribution is 0.256. The zero-order chi connectivity index (χ0) is 10.1. The van der Waals surface area contributed by atoms with Gasteiger partial charge in [0.05, 0.1) is 6.26 Å². The summed E-state index contributed by atoms with van der Waals surface area (Å²) in [5.74, 6) is 0.558. The normalized spacial score (nSPS) is 30.8. The highest BCUT2D eigenvalue weighted by Gasteiger charge is 2.26. The lowest BCUT2D eigenvalue weighted by Crippen LogP contribution is -2.48. The molecule has 0 saturated carbocycles. The van der Waals surface area contributed by atoms with Crippen LogP contribution >= 0.6 is 0 Å². The zero-order valence-corrected chi connectivity index (χ0v) is 9.26. The molecule has 0 aliphatic carbocycles. The Hall–Kier alpha value is -0.130. The molecule has 2 atom stereocenters. The lowest BCUT2D eigenvalue weighted by Gasteiger charge is -2.33. The third kappa shape index (κ3) is 2.93. The van der Waals surface area contributed by atoms with Crippen LogP contribution in [0.5, 0.6) is 0 Å². The van der Waals surface area contributed by atoms with E-state index in [1.165, 1.54) is 10.6 Å². The Morgan fingerprint density at radius 3 is 2.46 bits per heavy atom. The van der Waals surface area contributed by atoms with E-state index in [4.69, 9.17) is 0 Å². The maximum absolute atomic E-state index is 11.2. The van der Waals surface area contributed by atoms with Gasteiger partial charge in [0.15, 0.2) is 0 Å². The number of nitrogens with zero attached hydrogens (tertiary/aromatic N) is 1. The van der Waals surface area contributed by atoms with Crippen LogP contribution in [0, 0.1) is 5.92 Å². The number of likely N-dealkylation sites (N-methyl/N-ethyl adjacent to an activating group) is 1. The molecule has 1 rings (SSSR count). The van der Waals surface area contributed by atoms with Crippen LogP contribution < -0.4 is 5.32 Å². The topological polar surface area (TPSA) is 49.4 Å². The number of hydrogen-bond donors (Lipinski definition) is 1. The minimum Gasteiger partial charge on any atom is -0.315 e. The molecule has 0 radical (unpaired) electrons. The van der Waals surface area contributed by atoms with Crippen LogP contribution in [-0.2, 0) is 10.0 Å². The highest BCUT2D eigenvalue weighted by molar-refractivity contribution is 7.88. The second-order valence-corrected chi connectivity index (χ2v) is 5.97. The molecule has 4 nitrogen and oxygen atoms in total. The minimum absolute atomic E-state index is 0.124. The predicted octanol–water partition coefficient (Wildman–Crippen LogP) is -0.124. The van der Waals surface area contributed by atoms with E-state index >= 15 is 0 Å². The van der Waals surface area contributed by atoms with Gasteiger partial charge in [-0.05, 0) is 18.9 Å². The Kier molecular flexibility index (Phi) is 3.32. The molecular weight excluding hydrogens is 188 g/mol. The van der Waals surface area contributed by atoms with Gasteiger partial charge in [-0.25, -0.2) is 12.7 Å². The number of hydrogen-bond acceptors (Lipinski definition) is 3. The minimum atomic E-state index is -3.03. The van der Waals surface area contributed by atoms with Crippen molar-refractivity contribution in [2.24, 2.45) is 5.92 Å². The smallest absolute Gasteiger partial charge is 0.211 e. The molecule has 5 heteroatoms. The summed E-state index contributed by atoms with van der Waals surface area (Å²) >= 11 is 0. The molecule has 0 aromatic rings. The summed E-state index contributed by atoms with van der Waals surface area (Å²) in [6.07, 6.45) is 2.21. The summed E-state index contributed by atoms with van der Waals surface area (Å²) in [5, 5.41) is 3.23. The molecule has 0 spiro atoms. The van der Waals surface area contributed by atoms with E-state index in [0.717, 1.165) is 19.5 Å². The van der Waals surface area contributed by atoms with Crippen LogP contribution in [0.1, 0.15) is 13.3 Å². The van der Waals surface area contributed by atoms with Gasteiger partial charge in [0.2, 0.25) is 10.0 Å². The van der Waals surface area contributed by atoms with Crippen molar-refractivity contribution in [2.45, 2.75) is 19.4 Å². The van der Waals surface area contributed by atoms with Crippen LogP contribution in [-0.4, -0.2) is 45.2 Å². The zero-order valence-electron chi connectivity index (χ0n) is 8.45. The SMILES string of the molecule is CC1CNCC(N(C)S(C)(=O)=O)C1. The van der Waals surface area contributed by atoms with E-state index < -0.39 is 10.0 Å². The molecule has 1 aliphatic heterocycles. The third-order valence-corrected chi connectivity index (χ3v) is 3.93. The Morgan fingerprint density at radius 2 is 2.00 bits per heavy atom. The summed E-state index contributed by atoms with van der Waals surface area (Å²) in [5.41, 5.74) is 0. The molecule has 1 N–H and O–H groups in total. The van der Waals surface area contributed by atoms with Crippen LogP contribution in [0.25, 0.3) is 0 Å². The fourth-order valence-electron chi connectivity index (χ4n) is 1.68. The fourth-order valence-corrected chi connectivity index (χ4v) is 2.38. The van der Waals surface area contributed by atoms with E-state index in [2.05, 4.69) is 12.2 Å². The van der Waals surface area contributed by atoms with Gasteiger partial charge in [-0.3, -0.25) is 0 Å². The number of piperidine rings is 1. The van der Waals surface area contributed by atoms with Gasteiger partial charge >= 0.3 is 0 Å². The molecule has 1 fully saturated rings. The Labute approximate surface area is 80.4 Å². The highest BCUT2D eigenvalue weighted by atomic mass is 32.2. The van der Waals surface area contributed by atoms with Crippen molar-refractivity contribution in [1.82, 2.24) is 9.62 Å². The monoisotopic (exact) mass is 206 g/mol. The number of nitrogens with one attached hydrogen (secondary N) is 1. The largest absolute Gasteiger partial charge is 0.315 e. The van der Waals surface area contributed by atoms with Crippen molar-refractivity contribution < 1.29 is 8.42 Å². The first kappa shape index (κ1) is 10.9. The fraction of sp³-hybridized carbons (Fsp3) is 1.00. The van der Waals surface area contributed by atoms with Crippen molar-refractivity contribution in [3.8, 4) is 0 Å². The van der Waals surface area contributed by atoms with Gasteiger partial charge in [0.25, 0.3) is 0 Å². The summed E-state index contributed by atoms with van der Waals surface area (Å²) < 4.78 is 23.9. The summed E-state index contributed by atoms with van der Waals surface area (Å²) in [6, 6.07) is 0.124. The molecule has 1 aliphatic rings. The predicted molar refractivity (Wildman–Crippen MR) is 53.0 cm³/mol. The molecule has 1 heterocycles. The van der Waals surface area contributed by atoms with Gasteiger partial charge in [0.1, 0.15) is 0 Å². The maximum atomic E-state index is 11.2. The average molecular weight is 206 g/mol. The Balaban J connectivity index is 2.61. The second kappa shape index (κ2) is 3.94. The summed E-state index contributed by atoms with van der Waals surface area (Å²) in [6.45, 7) is 3.90. The van der Waals surface area contributed by atoms with Crippen molar-refractivity contribution in [1.29, 1.82) is 0 Å². The van der Waals surface area contributed by atoms with Crippen LogP contribution in [0.3, 0.4) is 0 Å². The maximum Gasteiger partial charge on any atom is 0.211 e. The van der Waals surface area contributed by atoms with Gasteiger partial charge in [-0.1, -0.05) is 6.92 Å². The summed E-state index contributed by atoms with van der Waals surface area (Å²) in [7, 11) is -1.38. The highest BCUT2D eigenvalue weighted by Crippen LogP contribution is 2.15. The first-order valence-corrected chi connectivity index (χ1v) is 6.40. The molecule has 13 heavy (non-hydrogen) atoms. The van der Waals surface area contributed by atoms with Gasteiger partial charge in [-0.2, -0.15) is 0 Å². The van der Waals surface area contributed by atoms with E-state index in [1.54, 1.807) is 7.05 Å². The van der Waals surface area contributed by atoms with E-state index in [9.17, 15) is 8.42 Å². The van der Waals surface area contributed by atoms with Crippen LogP contribution in [0.2, 0.25) is 0 Å². The first-order chi connectivity index (χ1) is 5.91. The van der Waals surface area contributed by atoms with Crippen molar-refractivity contribution in [3.63, 3.8) is 0 Å². The van der Waals surface area contributed by atoms with Gasteiger partial charge in [-0.15, -0.1) is 0 Å². The first-order valence-electron chi connectivity index (χ1n) is 4.55. The quantitative estimate of drug-likeness (QED) is 0.685. The second-order valence-electron chi connectivity index (χ2n) is 3.93. The molecule has 0 bridgehead atoms. The van der Waals surface area contributed by atoms with E-state index in [1.807, 2.05) is 0 Å². The number of rotatable bonds is 2. The average Bonchev–Trinajstić information content (AvgIpc) is 2.01. The molecule has 0 aromatic heterocycles. The molecular formula is C8H18N2O2S. The number of sulfonamides is 1. The van der Waals surface area contributed by atoms with E-state index in [-0.39, 0.29) is 6.04 Å². The summed E-state index contributed by atoms with van der Waals surface area (Å²) in [4.78, 5) is 0.